The van der Waals surface area contributed by atoms with Crippen LogP contribution in [0.1, 0.15) is 31.5 Å². The number of carbonyl (C=O) groups is 1. The molecule has 0 radical (unpaired) electrons. The molecular formula is C21H24ClN7OS. The summed E-state index contributed by atoms with van der Waals surface area (Å²) in [5.41, 5.74) is 13.5. The van der Waals surface area contributed by atoms with E-state index in [1.165, 1.54) is 11.8 Å². The van der Waals surface area contributed by atoms with Crippen LogP contribution in [0, 0.1) is 11.3 Å². The van der Waals surface area contributed by atoms with E-state index in [1.807, 2.05) is 23.9 Å². The van der Waals surface area contributed by atoms with Crippen molar-refractivity contribution in [3.05, 3.63) is 46.3 Å². The second-order valence-corrected chi connectivity index (χ2v) is 9.88. The number of halogens is 1. The molecule has 1 saturated heterocycles. The summed E-state index contributed by atoms with van der Waals surface area (Å²) >= 11 is 7.52. The first kappa shape index (κ1) is 20.5. The van der Waals surface area contributed by atoms with Crippen LogP contribution in [-0.4, -0.2) is 44.4 Å². The number of amidine groups is 1. The van der Waals surface area contributed by atoms with Crippen molar-refractivity contribution in [3.63, 3.8) is 0 Å². The number of nitrogen functional groups attached to an aromatic ring is 1. The first-order valence-electron chi connectivity index (χ1n) is 10.3. The zero-order valence-electron chi connectivity index (χ0n) is 17.2. The Hall–Kier alpha value is -2.36. The average Bonchev–Trinajstić information content (AvgIpc) is 3.31. The number of rotatable bonds is 2. The molecule has 2 atom stereocenters. The number of aliphatic imine (C=N–C) groups is 1. The van der Waals surface area contributed by atoms with Gasteiger partial charge in [0.25, 0.3) is 0 Å². The van der Waals surface area contributed by atoms with Crippen LogP contribution in [0.2, 0.25) is 5.02 Å². The summed E-state index contributed by atoms with van der Waals surface area (Å²) in [4.78, 5) is 25.2. The van der Waals surface area contributed by atoms with Crippen molar-refractivity contribution in [2.75, 3.05) is 18.8 Å². The van der Waals surface area contributed by atoms with Gasteiger partial charge in [0.15, 0.2) is 5.78 Å². The Morgan fingerprint density at radius 2 is 2.03 bits per heavy atom. The van der Waals surface area contributed by atoms with Gasteiger partial charge in [-0.3, -0.25) is 9.48 Å². The third-order valence-electron chi connectivity index (χ3n) is 6.71. The van der Waals surface area contributed by atoms with E-state index in [2.05, 4.69) is 20.0 Å². The molecule has 0 bridgehead atoms. The third kappa shape index (κ3) is 3.35. The largest absolute Gasteiger partial charge is 0.382 e. The number of pyridine rings is 1. The van der Waals surface area contributed by atoms with E-state index >= 15 is 0 Å². The average molecular weight is 458 g/mol. The molecule has 0 aliphatic carbocycles. The smallest absolute Gasteiger partial charge is 0.181 e. The number of anilines is 1. The number of fused-ring (bicyclic) bond motifs is 1. The lowest BCUT2D eigenvalue weighted by Crippen LogP contribution is -2.49. The second-order valence-electron chi connectivity index (χ2n) is 8.42. The van der Waals surface area contributed by atoms with E-state index in [9.17, 15) is 4.79 Å². The summed E-state index contributed by atoms with van der Waals surface area (Å²) in [7, 11) is 0. The van der Waals surface area contributed by atoms with Crippen LogP contribution >= 0.6 is 23.4 Å². The number of carbonyl (C=O) groups excluding carboxylic acids is 1. The Labute approximate surface area is 189 Å². The van der Waals surface area contributed by atoms with E-state index in [0.717, 1.165) is 44.0 Å². The van der Waals surface area contributed by atoms with E-state index < -0.39 is 0 Å². The highest BCUT2D eigenvalue weighted by Crippen LogP contribution is 2.48. The third-order valence-corrected chi connectivity index (χ3v) is 8.31. The van der Waals surface area contributed by atoms with Gasteiger partial charge in [-0.05, 0) is 31.9 Å². The fourth-order valence-corrected chi connectivity index (χ4v) is 5.97. The van der Waals surface area contributed by atoms with Gasteiger partial charge in [0.05, 0.1) is 27.6 Å². The van der Waals surface area contributed by atoms with Crippen LogP contribution in [0.3, 0.4) is 0 Å². The molecule has 2 aromatic heterocycles. The maximum atomic E-state index is 13.1. The Morgan fingerprint density at radius 1 is 1.26 bits per heavy atom. The summed E-state index contributed by atoms with van der Waals surface area (Å²) in [5.74, 6) is 0.808. The van der Waals surface area contributed by atoms with Crippen molar-refractivity contribution in [2.24, 2.45) is 22.1 Å². The lowest BCUT2D eigenvalue weighted by atomic mass is 9.73. The Morgan fingerprint density at radius 3 is 2.77 bits per heavy atom. The quantitative estimate of drug-likeness (QED) is 0.712. The normalized spacial score (nSPS) is 24.9. The molecule has 2 aromatic rings. The van der Waals surface area contributed by atoms with E-state index in [4.69, 9.17) is 23.1 Å². The Balaban J connectivity index is 1.31. The number of piperidine rings is 1. The van der Waals surface area contributed by atoms with Gasteiger partial charge in [0.2, 0.25) is 0 Å². The lowest BCUT2D eigenvalue weighted by molar-refractivity contribution is -0.116. The molecule has 0 saturated carbocycles. The van der Waals surface area contributed by atoms with Gasteiger partial charge < -0.3 is 16.4 Å². The van der Waals surface area contributed by atoms with Crippen LogP contribution in [0.25, 0.3) is 0 Å². The summed E-state index contributed by atoms with van der Waals surface area (Å²) < 4.78 is 2.04. The first-order chi connectivity index (χ1) is 14.9. The van der Waals surface area contributed by atoms with Crippen molar-refractivity contribution in [3.8, 4) is 0 Å². The van der Waals surface area contributed by atoms with Gasteiger partial charge in [-0.2, -0.15) is 5.10 Å². The molecule has 162 valence electrons. The highest BCUT2D eigenvalue weighted by molar-refractivity contribution is 8.04. The fraction of sp³-hybridized carbons (Fsp3) is 0.429. The van der Waals surface area contributed by atoms with Gasteiger partial charge in [-0.25, -0.2) is 9.98 Å². The maximum absolute atomic E-state index is 13.1. The minimum atomic E-state index is -0.313. The van der Waals surface area contributed by atoms with Crippen molar-refractivity contribution in [1.82, 2.24) is 19.7 Å². The number of likely N-dealkylation sites (tertiary alicyclic amines) is 1. The summed E-state index contributed by atoms with van der Waals surface area (Å²) in [6.07, 6.45) is 6.95. The van der Waals surface area contributed by atoms with Crippen LogP contribution in [-0.2, 0) is 11.3 Å². The molecule has 0 amide bonds. The fourth-order valence-electron chi connectivity index (χ4n) is 4.80. The molecule has 5 heterocycles. The lowest BCUT2D eigenvalue weighted by Gasteiger charge is -2.43. The molecular weight excluding hydrogens is 434 g/mol. The summed E-state index contributed by atoms with van der Waals surface area (Å²) in [6.45, 7) is 4.44. The monoisotopic (exact) mass is 457 g/mol. The van der Waals surface area contributed by atoms with Crippen molar-refractivity contribution >= 4 is 40.8 Å². The number of thioether (sulfide) groups is 1. The Kier molecular flexibility index (Phi) is 5.07. The number of allylic oxidation sites excluding steroid dienone is 1. The Bertz CT molecular complexity index is 1100. The van der Waals surface area contributed by atoms with Gasteiger partial charge in [0.1, 0.15) is 11.7 Å². The highest BCUT2D eigenvalue weighted by atomic mass is 35.5. The summed E-state index contributed by atoms with van der Waals surface area (Å²) in [6, 6.07) is 3.77. The molecule has 3 aliphatic heterocycles. The van der Waals surface area contributed by atoms with E-state index in [-0.39, 0.29) is 29.0 Å². The number of hydrogen-bond donors (Lipinski definition) is 2. The van der Waals surface area contributed by atoms with Crippen molar-refractivity contribution < 1.29 is 4.79 Å². The molecule has 5 rings (SSSR count). The first-order valence-corrected chi connectivity index (χ1v) is 11.5. The van der Waals surface area contributed by atoms with Crippen molar-refractivity contribution in [1.29, 1.82) is 0 Å². The van der Waals surface area contributed by atoms with Crippen molar-refractivity contribution in [2.45, 2.75) is 37.2 Å². The van der Waals surface area contributed by atoms with E-state index in [1.54, 1.807) is 18.5 Å². The zero-order chi connectivity index (χ0) is 21.8. The van der Waals surface area contributed by atoms with Gasteiger partial charge in [0, 0.05) is 48.5 Å². The topological polar surface area (TPSA) is 115 Å². The maximum Gasteiger partial charge on any atom is 0.181 e. The molecule has 10 heteroatoms. The molecule has 8 nitrogen and oxygen atoms in total. The minimum Gasteiger partial charge on any atom is -0.382 e. The predicted octanol–water partition coefficient (Wildman–Crippen LogP) is 2.86. The number of aromatic nitrogens is 3. The highest BCUT2D eigenvalue weighted by Gasteiger charge is 2.47. The van der Waals surface area contributed by atoms with Gasteiger partial charge in [-0.15, -0.1) is 0 Å². The van der Waals surface area contributed by atoms with Crippen LogP contribution in [0.15, 0.2) is 45.5 Å². The molecule has 3 aliphatic rings. The number of ketones is 1. The SMILES string of the molecule is C[C@@H]1C(=O)C(Sc2ccnc(N)c2Cl)=CN=C1N1CCC2(CC1)Cn1nccc1C2N. The number of nitrogens with zero attached hydrogens (tertiary/aromatic N) is 5. The zero-order valence-corrected chi connectivity index (χ0v) is 18.7. The van der Waals surface area contributed by atoms with Crippen LogP contribution in [0.4, 0.5) is 5.82 Å². The van der Waals surface area contributed by atoms with E-state index in [0.29, 0.717) is 14.8 Å². The minimum absolute atomic E-state index is 0.00458. The number of Topliss-reactive ketones (excluding diaryl/α,β-unsaturated/α-hetero) is 1. The second kappa shape index (κ2) is 7.65. The molecule has 31 heavy (non-hydrogen) atoms. The van der Waals surface area contributed by atoms with Gasteiger partial charge in [-0.1, -0.05) is 23.4 Å². The molecule has 0 aromatic carbocycles. The molecule has 1 unspecified atom stereocenters. The number of hydrogen-bond acceptors (Lipinski definition) is 8. The molecule has 4 N–H and O–H groups in total. The predicted molar refractivity (Wildman–Crippen MR) is 122 cm³/mol. The molecule has 1 spiro atoms. The molecule has 1 fully saturated rings. The summed E-state index contributed by atoms with van der Waals surface area (Å²) in [5, 5.41) is 4.76. The standard InChI is InChI=1S/C21H24ClN7OS/c1-12-17(30)15(31-14-3-6-25-19(24)16(14)22)10-26-20(12)28-8-4-21(5-9-28)11-29-13(18(21)23)2-7-27-29/h2-3,6-7,10,12,18H,4-5,8-9,11,23H2,1H3,(H2,24,25)/t12-,18?/m1/s1. The number of nitrogens with two attached hydrogens (primary N) is 2. The van der Waals surface area contributed by atoms with Crippen LogP contribution < -0.4 is 11.5 Å². The van der Waals surface area contributed by atoms with Crippen LogP contribution in [0.5, 0.6) is 0 Å². The van der Waals surface area contributed by atoms with Gasteiger partial charge >= 0.3 is 0 Å².